The third kappa shape index (κ3) is 2.76. The molecule has 0 radical (unpaired) electrons. The van der Waals surface area contributed by atoms with Crippen LogP contribution in [0.4, 0.5) is 0 Å². The summed E-state index contributed by atoms with van der Waals surface area (Å²) in [7, 11) is 0. The number of hydrogen-bond donors (Lipinski definition) is 1. The molecule has 2 N–H and O–H groups in total. The zero-order chi connectivity index (χ0) is 12.3. The van der Waals surface area contributed by atoms with Gasteiger partial charge >= 0.3 is 0 Å². The minimum Gasteiger partial charge on any atom is -0.452 e. The molecule has 0 fully saturated rings. The largest absolute Gasteiger partial charge is 0.452 e. The molecule has 6 heteroatoms. The van der Waals surface area contributed by atoms with E-state index < -0.39 is 5.91 Å². The molecule has 88 valence electrons. The first kappa shape index (κ1) is 12.6. The number of nitrogens with two attached hydrogens (primary N) is 1. The summed E-state index contributed by atoms with van der Waals surface area (Å²) < 4.78 is 4.82. The average molecular weight is 245 g/mol. The second kappa shape index (κ2) is 5.03. The molecular weight excluding hydrogens is 232 g/mol. The molecule has 0 unspecified atom stereocenters. The fourth-order valence-corrected chi connectivity index (χ4v) is 1.45. The SMILES string of the molecule is CC(C)N(CC(N)=O)C(=O)c1ccoc1Cl. The molecule has 2 amide bonds. The highest BCUT2D eigenvalue weighted by Gasteiger charge is 2.23. The smallest absolute Gasteiger partial charge is 0.259 e. The van der Waals surface area contributed by atoms with Crippen LogP contribution >= 0.6 is 11.6 Å². The summed E-state index contributed by atoms with van der Waals surface area (Å²) in [5, 5.41) is 0.0140. The molecule has 5 nitrogen and oxygen atoms in total. The van der Waals surface area contributed by atoms with Gasteiger partial charge in [0.25, 0.3) is 5.91 Å². The topological polar surface area (TPSA) is 76.5 Å². The van der Waals surface area contributed by atoms with Gasteiger partial charge in [0.15, 0.2) is 0 Å². The van der Waals surface area contributed by atoms with Crippen LogP contribution in [0.5, 0.6) is 0 Å². The first-order valence-electron chi connectivity index (χ1n) is 4.75. The minimum atomic E-state index is -0.568. The molecule has 1 heterocycles. The molecule has 1 rings (SSSR count). The standard InChI is InChI=1S/C10H13ClN2O3/c1-6(2)13(5-8(12)14)10(15)7-3-4-16-9(7)11/h3-4,6H,5H2,1-2H3,(H2,12,14). The van der Waals surface area contributed by atoms with Gasteiger partial charge in [0.1, 0.15) is 0 Å². The van der Waals surface area contributed by atoms with Gasteiger partial charge in [-0.05, 0) is 31.5 Å². The highest BCUT2D eigenvalue weighted by molar-refractivity contribution is 6.32. The van der Waals surface area contributed by atoms with Crippen LogP contribution in [0.2, 0.25) is 5.22 Å². The van der Waals surface area contributed by atoms with Crippen LogP contribution in [0, 0.1) is 0 Å². The van der Waals surface area contributed by atoms with Crippen molar-refractivity contribution in [1.82, 2.24) is 4.90 Å². The minimum absolute atomic E-state index is 0.0140. The van der Waals surface area contributed by atoms with Crippen LogP contribution in [0.3, 0.4) is 0 Å². The number of hydrogen-bond acceptors (Lipinski definition) is 3. The van der Waals surface area contributed by atoms with Crippen molar-refractivity contribution in [2.24, 2.45) is 5.73 Å². The second-order valence-electron chi connectivity index (χ2n) is 3.60. The highest BCUT2D eigenvalue weighted by atomic mass is 35.5. The first-order chi connectivity index (χ1) is 7.43. The summed E-state index contributed by atoms with van der Waals surface area (Å²) in [5.74, 6) is -0.936. The van der Waals surface area contributed by atoms with E-state index in [0.29, 0.717) is 0 Å². The Balaban J connectivity index is 2.92. The van der Waals surface area contributed by atoms with Gasteiger partial charge in [-0.15, -0.1) is 0 Å². The summed E-state index contributed by atoms with van der Waals surface area (Å²) in [4.78, 5) is 24.2. The maximum atomic E-state index is 12.0. The predicted molar refractivity (Wildman–Crippen MR) is 59.1 cm³/mol. The van der Waals surface area contributed by atoms with Crippen molar-refractivity contribution in [1.29, 1.82) is 0 Å². The van der Waals surface area contributed by atoms with E-state index in [1.807, 2.05) is 0 Å². The quantitative estimate of drug-likeness (QED) is 0.867. The molecule has 0 spiro atoms. The number of rotatable bonds is 4. The summed E-state index contributed by atoms with van der Waals surface area (Å²) in [6.45, 7) is 3.43. The monoisotopic (exact) mass is 244 g/mol. The lowest BCUT2D eigenvalue weighted by Gasteiger charge is -2.24. The second-order valence-corrected chi connectivity index (χ2v) is 3.94. The molecule has 0 aliphatic heterocycles. The maximum Gasteiger partial charge on any atom is 0.259 e. The van der Waals surface area contributed by atoms with Gasteiger partial charge in [-0.25, -0.2) is 0 Å². The van der Waals surface area contributed by atoms with E-state index in [1.54, 1.807) is 13.8 Å². The molecule has 1 aromatic rings. The lowest BCUT2D eigenvalue weighted by Crippen LogP contribution is -2.42. The molecule has 0 bridgehead atoms. The Morgan fingerprint density at radius 2 is 2.19 bits per heavy atom. The number of furan rings is 1. The van der Waals surface area contributed by atoms with E-state index in [1.165, 1.54) is 17.2 Å². The molecule has 0 atom stereocenters. The van der Waals surface area contributed by atoms with Crippen LogP contribution in [0.15, 0.2) is 16.7 Å². The molecule has 0 saturated carbocycles. The number of amides is 2. The van der Waals surface area contributed by atoms with Gasteiger partial charge in [-0.2, -0.15) is 0 Å². The fraction of sp³-hybridized carbons (Fsp3) is 0.400. The van der Waals surface area contributed by atoms with Crippen LogP contribution in [0.25, 0.3) is 0 Å². The Bertz CT molecular complexity index is 401. The molecule has 16 heavy (non-hydrogen) atoms. The summed E-state index contributed by atoms with van der Waals surface area (Å²) in [6.07, 6.45) is 1.32. The zero-order valence-electron chi connectivity index (χ0n) is 9.07. The first-order valence-corrected chi connectivity index (χ1v) is 5.13. The molecular formula is C10H13ClN2O3. The van der Waals surface area contributed by atoms with Crippen molar-refractivity contribution in [3.05, 3.63) is 23.1 Å². The van der Waals surface area contributed by atoms with E-state index in [4.69, 9.17) is 21.8 Å². The van der Waals surface area contributed by atoms with Crippen molar-refractivity contribution in [3.8, 4) is 0 Å². The van der Waals surface area contributed by atoms with Gasteiger partial charge < -0.3 is 15.1 Å². The van der Waals surface area contributed by atoms with Crippen molar-refractivity contribution in [2.75, 3.05) is 6.54 Å². The van der Waals surface area contributed by atoms with Crippen LogP contribution in [0.1, 0.15) is 24.2 Å². The number of carbonyl (C=O) groups is 2. The molecule has 1 aromatic heterocycles. The predicted octanol–water partition coefficient (Wildman–Crippen LogP) is 1.27. The Morgan fingerprint density at radius 1 is 1.56 bits per heavy atom. The number of carbonyl (C=O) groups excluding carboxylic acids is 2. The summed E-state index contributed by atoms with van der Waals surface area (Å²) >= 11 is 5.69. The van der Waals surface area contributed by atoms with E-state index in [-0.39, 0.29) is 29.3 Å². The zero-order valence-corrected chi connectivity index (χ0v) is 9.82. The Kier molecular flexibility index (Phi) is 3.95. The maximum absolute atomic E-state index is 12.0. The van der Waals surface area contributed by atoms with Gasteiger partial charge in [-0.3, -0.25) is 9.59 Å². The average Bonchev–Trinajstić information content (AvgIpc) is 2.59. The number of halogens is 1. The molecule has 0 aliphatic rings. The third-order valence-electron chi connectivity index (χ3n) is 2.06. The van der Waals surface area contributed by atoms with Crippen molar-refractivity contribution >= 4 is 23.4 Å². The number of primary amides is 1. The van der Waals surface area contributed by atoms with Crippen LogP contribution in [-0.4, -0.2) is 29.3 Å². The van der Waals surface area contributed by atoms with Crippen LogP contribution < -0.4 is 5.73 Å². The van der Waals surface area contributed by atoms with Gasteiger partial charge in [0.2, 0.25) is 11.1 Å². The molecule has 0 aliphatic carbocycles. The van der Waals surface area contributed by atoms with Crippen molar-refractivity contribution < 1.29 is 14.0 Å². The highest BCUT2D eigenvalue weighted by Crippen LogP contribution is 2.19. The van der Waals surface area contributed by atoms with E-state index >= 15 is 0 Å². The van der Waals surface area contributed by atoms with Crippen LogP contribution in [-0.2, 0) is 4.79 Å². The van der Waals surface area contributed by atoms with Crippen molar-refractivity contribution in [3.63, 3.8) is 0 Å². The lowest BCUT2D eigenvalue weighted by molar-refractivity contribution is -0.119. The van der Waals surface area contributed by atoms with E-state index in [0.717, 1.165) is 0 Å². The van der Waals surface area contributed by atoms with Gasteiger partial charge in [0.05, 0.1) is 18.4 Å². The Labute approximate surface area is 98.1 Å². The fourth-order valence-electron chi connectivity index (χ4n) is 1.26. The Morgan fingerprint density at radius 3 is 2.56 bits per heavy atom. The van der Waals surface area contributed by atoms with Gasteiger partial charge in [0, 0.05) is 6.04 Å². The molecule has 0 saturated heterocycles. The third-order valence-corrected chi connectivity index (χ3v) is 2.35. The lowest BCUT2D eigenvalue weighted by atomic mass is 10.2. The summed E-state index contributed by atoms with van der Waals surface area (Å²) in [5.41, 5.74) is 5.30. The van der Waals surface area contributed by atoms with E-state index in [9.17, 15) is 9.59 Å². The normalized spacial score (nSPS) is 10.5. The van der Waals surface area contributed by atoms with Gasteiger partial charge in [-0.1, -0.05) is 0 Å². The summed E-state index contributed by atoms with van der Waals surface area (Å²) in [6, 6.07) is 1.31. The van der Waals surface area contributed by atoms with Crippen molar-refractivity contribution in [2.45, 2.75) is 19.9 Å². The van der Waals surface area contributed by atoms with E-state index in [2.05, 4.69) is 0 Å². The Hall–Kier alpha value is -1.49. The molecule has 0 aromatic carbocycles. The number of nitrogens with zero attached hydrogens (tertiary/aromatic N) is 1.